The third-order valence-electron chi connectivity index (χ3n) is 4.93. The van der Waals surface area contributed by atoms with Gasteiger partial charge in [0.15, 0.2) is 5.82 Å². The zero-order valence-electron chi connectivity index (χ0n) is 18.7. The first-order valence-corrected chi connectivity index (χ1v) is 12.6. The normalized spacial score (nSPS) is 11.8. The molecule has 2 aromatic heterocycles. The molecule has 0 aliphatic rings. The summed E-state index contributed by atoms with van der Waals surface area (Å²) in [4.78, 5) is 4.70. The molecule has 34 heavy (non-hydrogen) atoms. The predicted molar refractivity (Wildman–Crippen MR) is 133 cm³/mol. The Labute approximate surface area is 201 Å². The molecule has 0 unspecified atom stereocenters. The number of aryl methyl sites for hydroxylation is 3. The van der Waals surface area contributed by atoms with Gasteiger partial charge in [-0.25, -0.2) is 13.4 Å². The fourth-order valence-corrected chi connectivity index (χ4v) is 5.03. The highest BCUT2D eigenvalue weighted by Crippen LogP contribution is 2.29. The Balaban J connectivity index is 1.48. The maximum Gasteiger partial charge on any atom is 0.263 e. The number of nitrogens with zero attached hydrogens (tertiary/aromatic N) is 3. The average Bonchev–Trinajstić information content (AvgIpc) is 3.43. The fraction of sp³-hybridized carbons (Fsp3) is 0.125. The molecule has 0 radical (unpaired) electrons. The molecule has 8 nitrogen and oxygen atoms in total. The molecule has 2 aromatic carbocycles. The van der Waals surface area contributed by atoms with Crippen molar-refractivity contribution in [1.29, 1.82) is 5.26 Å². The molecule has 2 N–H and O–H groups in total. The minimum absolute atomic E-state index is 0.0706. The van der Waals surface area contributed by atoms with Crippen LogP contribution in [0.5, 0.6) is 0 Å². The summed E-state index contributed by atoms with van der Waals surface area (Å²) < 4.78 is 32.3. The molecule has 0 saturated heterocycles. The van der Waals surface area contributed by atoms with Crippen LogP contribution in [0.15, 0.2) is 69.5 Å². The number of allylic oxidation sites excluding steroid dienone is 1. The molecule has 4 aromatic rings. The lowest BCUT2D eigenvalue weighted by Gasteiger charge is -2.06. The van der Waals surface area contributed by atoms with E-state index in [1.165, 1.54) is 35.1 Å². The van der Waals surface area contributed by atoms with Crippen molar-refractivity contribution >= 4 is 38.4 Å². The second kappa shape index (κ2) is 9.51. The first-order chi connectivity index (χ1) is 16.2. The van der Waals surface area contributed by atoms with Crippen LogP contribution in [0.25, 0.3) is 16.8 Å². The lowest BCUT2D eigenvalue weighted by Crippen LogP contribution is -2.13. The van der Waals surface area contributed by atoms with Gasteiger partial charge in [-0.3, -0.25) is 4.72 Å². The van der Waals surface area contributed by atoms with Gasteiger partial charge in [0.05, 0.1) is 10.6 Å². The Kier molecular flexibility index (Phi) is 6.49. The van der Waals surface area contributed by atoms with Crippen molar-refractivity contribution in [3.63, 3.8) is 0 Å². The molecule has 0 fully saturated rings. The zero-order chi connectivity index (χ0) is 24.3. The van der Waals surface area contributed by atoms with Crippen molar-refractivity contribution in [3.8, 4) is 17.3 Å². The highest BCUT2D eigenvalue weighted by Gasteiger charge is 2.16. The topological polar surface area (TPSA) is 121 Å². The van der Waals surface area contributed by atoms with Crippen molar-refractivity contribution in [2.45, 2.75) is 25.7 Å². The van der Waals surface area contributed by atoms with Gasteiger partial charge in [-0.2, -0.15) is 5.26 Å². The highest BCUT2D eigenvalue weighted by molar-refractivity contribution is 7.92. The monoisotopic (exact) mass is 491 g/mol. The second-order valence-corrected chi connectivity index (χ2v) is 10.2. The van der Waals surface area contributed by atoms with Gasteiger partial charge >= 0.3 is 0 Å². The number of nitriles is 1. The number of hydrogen-bond acceptors (Lipinski definition) is 8. The van der Waals surface area contributed by atoms with Crippen LogP contribution in [-0.4, -0.2) is 18.6 Å². The van der Waals surface area contributed by atoms with E-state index in [1.54, 1.807) is 25.3 Å². The van der Waals surface area contributed by atoms with Crippen molar-refractivity contribution in [3.05, 3.63) is 82.0 Å². The summed E-state index contributed by atoms with van der Waals surface area (Å²) in [6.07, 6.45) is 1.56. The Hall–Kier alpha value is -3.94. The molecule has 4 rings (SSSR count). The average molecular weight is 492 g/mol. The van der Waals surface area contributed by atoms with E-state index in [1.807, 2.05) is 31.4 Å². The predicted octanol–water partition coefficient (Wildman–Crippen LogP) is 5.50. The van der Waals surface area contributed by atoms with Crippen LogP contribution in [-0.2, 0) is 10.0 Å². The van der Waals surface area contributed by atoms with Gasteiger partial charge in [0.1, 0.15) is 22.4 Å². The molecular formula is C24H21N5O3S2. The molecule has 2 heterocycles. The van der Waals surface area contributed by atoms with Gasteiger partial charge in [-0.1, -0.05) is 28.9 Å². The molecule has 0 saturated carbocycles. The van der Waals surface area contributed by atoms with Gasteiger partial charge in [-0.05, 0) is 50.6 Å². The van der Waals surface area contributed by atoms with Crippen LogP contribution in [0, 0.1) is 32.1 Å². The molecule has 0 aliphatic carbocycles. The van der Waals surface area contributed by atoms with Crippen LogP contribution in [0.1, 0.15) is 21.9 Å². The number of hydrogen-bond donors (Lipinski definition) is 2. The molecule has 0 atom stereocenters. The Morgan fingerprint density at radius 1 is 1.12 bits per heavy atom. The van der Waals surface area contributed by atoms with Gasteiger partial charge < -0.3 is 9.84 Å². The minimum Gasteiger partial charge on any atom is -0.360 e. The number of anilines is 2. The third kappa shape index (κ3) is 5.17. The van der Waals surface area contributed by atoms with Gasteiger partial charge in [0.2, 0.25) is 0 Å². The summed E-state index contributed by atoms with van der Waals surface area (Å²) in [5.74, 6) is 0.614. The van der Waals surface area contributed by atoms with Crippen molar-refractivity contribution in [2.24, 2.45) is 0 Å². The Morgan fingerprint density at radius 2 is 1.88 bits per heavy atom. The molecule has 172 valence electrons. The number of nitrogens with one attached hydrogen (secondary N) is 2. The van der Waals surface area contributed by atoms with E-state index in [2.05, 4.69) is 32.3 Å². The third-order valence-corrected chi connectivity index (χ3v) is 7.17. The standard InChI is InChI=1S/C24H21N5O3S2/c1-15-4-9-21(16(2)10-15)22-14-33-24(27-22)18(12-25)13-26-19-5-7-20(8-6-19)34(30,31)29-23-11-17(3)32-28-23/h4-11,13-14,26H,1-3H3,(H,28,29). The van der Waals surface area contributed by atoms with E-state index < -0.39 is 10.0 Å². The van der Waals surface area contributed by atoms with Crippen LogP contribution >= 0.6 is 11.3 Å². The zero-order valence-corrected chi connectivity index (χ0v) is 20.3. The van der Waals surface area contributed by atoms with E-state index in [0.717, 1.165) is 16.8 Å². The molecule has 0 amide bonds. The quantitative estimate of drug-likeness (QED) is 0.327. The van der Waals surface area contributed by atoms with Crippen molar-refractivity contribution in [1.82, 2.24) is 10.1 Å². The summed E-state index contributed by atoms with van der Waals surface area (Å²) in [5.41, 5.74) is 5.16. The van der Waals surface area contributed by atoms with Crippen molar-refractivity contribution in [2.75, 3.05) is 10.0 Å². The van der Waals surface area contributed by atoms with E-state index >= 15 is 0 Å². The molecule has 0 spiro atoms. The number of thiazole rings is 1. The smallest absolute Gasteiger partial charge is 0.263 e. The summed E-state index contributed by atoms with van der Waals surface area (Å²) in [5, 5.41) is 18.8. The number of rotatable bonds is 7. The highest BCUT2D eigenvalue weighted by atomic mass is 32.2. The lowest BCUT2D eigenvalue weighted by molar-refractivity contribution is 0.400. The summed E-state index contributed by atoms with van der Waals surface area (Å²) >= 11 is 1.39. The molecule has 0 bridgehead atoms. The van der Waals surface area contributed by atoms with Crippen LogP contribution in [0.3, 0.4) is 0 Å². The van der Waals surface area contributed by atoms with Crippen molar-refractivity contribution < 1.29 is 12.9 Å². The first-order valence-electron chi connectivity index (χ1n) is 10.2. The van der Waals surface area contributed by atoms with E-state index in [4.69, 9.17) is 4.52 Å². The SMILES string of the molecule is Cc1ccc(-c2csc(C(C#N)=CNc3ccc(S(=O)(=O)Nc4cc(C)on4)cc3)n2)c(C)c1. The maximum absolute atomic E-state index is 12.5. The second-order valence-electron chi connectivity index (χ2n) is 7.62. The fourth-order valence-electron chi connectivity index (χ4n) is 3.26. The van der Waals surface area contributed by atoms with E-state index in [9.17, 15) is 13.7 Å². The maximum atomic E-state index is 12.5. The largest absolute Gasteiger partial charge is 0.360 e. The Morgan fingerprint density at radius 3 is 2.53 bits per heavy atom. The number of sulfonamides is 1. The number of aromatic nitrogens is 2. The van der Waals surface area contributed by atoms with E-state index in [-0.39, 0.29) is 10.7 Å². The lowest BCUT2D eigenvalue weighted by atomic mass is 10.0. The molecule has 10 heteroatoms. The van der Waals surface area contributed by atoms with Crippen LogP contribution < -0.4 is 10.0 Å². The molecule has 0 aliphatic heterocycles. The van der Waals surface area contributed by atoms with Gasteiger partial charge in [-0.15, -0.1) is 11.3 Å². The molecular weight excluding hydrogens is 470 g/mol. The first kappa shape index (κ1) is 23.2. The number of benzene rings is 2. The van der Waals surface area contributed by atoms with Gasteiger partial charge in [0.25, 0.3) is 10.0 Å². The minimum atomic E-state index is -3.80. The van der Waals surface area contributed by atoms with E-state index in [0.29, 0.717) is 22.0 Å². The van der Waals surface area contributed by atoms with Gasteiger partial charge in [0, 0.05) is 28.9 Å². The summed E-state index contributed by atoms with van der Waals surface area (Å²) in [6, 6.07) is 16.0. The summed E-state index contributed by atoms with van der Waals surface area (Å²) in [7, 11) is -3.80. The summed E-state index contributed by atoms with van der Waals surface area (Å²) in [6.45, 7) is 5.75. The van der Waals surface area contributed by atoms with Crippen LogP contribution in [0.2, 0.25) is 0 Å². The Bertz CT molecular complexity index is 1510. The van der Waals surface area contributed by atoms with Crippen LogP contribution in [0.4, 0.5) is 11.5 Å².